The van der Waals surface area contributed by atoms with E-state index in [1.54, 1.807) is 0 Å². The Hall–Kier alpha value is -3.38. The molecule has 1 aliphatic carbocycles. The van der Waals surface area contributed by atoms with Crippen LogP contribution in [-0.2, 0) is 0 Å². The van der Waals surface area contributed by atoms with Gasteiger partial charge in [-0.25, -0.2) is 0 Å². The van der Waals surface area contributed by atoms with Crippen LogP contribution in [0.15, 0.2) is 52.0 Å². The lowest BCUT2D eigenvalue weighted by Gasteiger charge is -2.37. The van der Waals surface area contributed by atoms with Crippen LogP contribution < -0.4 is 14.4 Å². The van der Waals surface area contributed by atoms with Crippen molar-refractivity contribution in [2.24, 2.45) is 11.0 Å². The summed E-state index contributed by atoms with van der Waals surface area (Å²) in [5.74, 6) is 2.41. The first kappa shape index (κ1) is 18.6. The predicted molar refractivity (Wildman–Crippen MR) is 113 cm³/mol. The third-order valence-corrected chi connectivity index (χ3v) is 5.52. The van der Waals surface area contributed by atoms with Gasteiger partial charge in [0, 0.05) is 11.0 Å². The van der Waals surface area contributed by atoms with Crippen LogP contribution in [0.2, 0.25) is 0 Å². The van der Waals surface area contributed by atoms with Gasteiger partial charge < -0.3 is 18.8 Å². The van der Waals surface area contributed by atoms with Crippen molar-refractivity contribution in [3.8, 4) is 11.5 Å². The lowest BCUT2D eigenvalue weighted by atomic mass is 10.1. The SMILES string of the molecule is CC(N=[N+]=[N-])c1ccc2nc(N3CC(Oc4cccc(OCC5CC5)c4)C3)oc2c1. The molecule has 8 heteroatoms. The number of azide groups is 1. The van der Waals surface area contributed by atoms with Gasteiger partial charge in [-0.15, -0.1) is 0 Å². The lowest BCUT2D eigenvalue weighted by molar-refractivity contribution is 0.162. The summed E-state index contributed by atoms with van der Waals surface area (Å²) in [6.07, 6.45) is 2.63. The van der Waals surface area contributed by atoms with Crippen LogP contribution >= 0.6 is 0 Å². The molecule has 2 aliphatic rings. The largest absolute Gasteiger partial charge is 0.493 e. The first-order valence-corrected chi connectivity index (χ1v) is 10.3. The van der Waals surface area contributed by atoms with Gasteiger partial charge in [-0.2, -0.15) is 4.98 Å². The number of ether oxygens (including phenoxy) is 2. The zero-order valence-electron chi connectivity index (χ0n) is 16.8. The second-order valence-electron chi connectivity index (χ2n) is 7.98. The zero-order chi connectivity index (χ0) is 20.5. The van der Waals surface area contributed by atoms with Crippen LogP contribution in [0.1, 0.15) is 31.4 Å². The van der Waals surface area contributed by atoms with Gasteiger partial charge in [-0.1, -0.05) is 24.2 Å². The topological polar surface area (TPSA) is 96.5 Å². The molecule has 0 N–H and O–H groups in total. The molecular formula is C22H23N5O3. The van der Waals surface area contributed by atoms with Crippen molar-refractivity contribution in [2.45, 2.75) is 31.9 Å². The summed E-state index contributed by atoms with van der Waals surface area (Å²) in [5.41, 5.74) is 11.0. The standard InChI is InChI=1S/C22H23N5O3/c1-14(25-26-23)16-7-8-20-21(9-16)30-22(24-20)27-11-19(12-27)29-18-4-2-3-17(10-18)28-13-15-5-6-15/h2-4,7-10,14-15,19H,5-6,11-13H2,1H3. The molecule has 0 radical (unpaired) electrons. The number of aromatic nitrogens is 1. The monoisotopic (exact) mass is 405 g/mol. The third-order valence-electron chi connectivity index (χ3n) is 5.52. The molecule has 2 aromatic carbocycles. The van der Waals surface area contributed by atoms with E-state index in [-0.39, 0.29) is 12.1 Å². The van der Waals surface area contributed by atoms with Crippen molar-refractivity contribution < 1.29 is 13.9 Å². The van der Waals surface area contributed by atoms with E-state index >= 15 is 0 Å². The number of hydrogen-bond acceptors (Lipinski definition) is 6. The highest BCUT2D eigenvalue weighted by Crippen LogP contribution is 2.32. The average molecular weight is 405 g/mol. The van der Waals surface area contributed by atoms with Gasteiger partial charge in [0.2, 0.25) is 0 Å². The summed E-state index contributed by atoms with van der Waals surface area (Å²) in [6, 6.07) is 13.9. The van der Waals surface area contributed by atoms with Crippen LogP contribution in [0.5, 0.6) is 11.5 Å². The van der Waals surface area contributed by atoms with E-state index in [1.165, 1.54) is 12.8 Å². The molecule has 1 atom stereocenters. The second-order valence-corrected chi connectivity index (χ2v) is 7.98. The maximum Gasteiger partial charge on any atom is 0.298 e. The van der Waals surface area contributed by atoms with Crippen molar-refractivity contribution in [1.82, 2.24) is 4.98 Å². The Morgan fingerprint density at radius 3 is 2.87 bits per heavy atom. The Labute approximate surface area is 174 Å². The molecule has 2 heterocycles. The first-order valence-electron chi connectivity index (χ1n) is 10.3. The second kappa shape index (κ2) is 7.80. The normalized spacial score (nSPS) is 17.3. The molecule has 1 aromatic heterocycles. The molecule has 1 saturated carbocycles. The average Bonchev–Trinajstić information content (AvgIpc) is 3.46. The number of benzene rings is 2. The minimum atomic E-state index is -0.251. The minimum Gasteiger partial charge on any atom is -0.493 e. The van der Waals surface area contributed by atoms with Gasteiger partial charge in [-0.3, -0.25) is 0 Å². The smallest absolute Gasteiger partial charge is 0.298 e. The molecule has 5 rings (SSSR count). The van der Waals surface area contributed by atoms with Crippen LogP contribution in [-0.4, -0.2) is 30.8 Å². The van der Waals surface area contributed by atoms with Crippen molar-refractivity contribution in [3.63, 3.8) is 0 Å². The Kier molecular flexibility index (Phi) is 4.85. The fraction of sp³-hybridized carbons (Fsp3) is 0.409. The summed E-state index contributed by atoms with van der Waals surface area (Å²) in [4.78, 5) is 9.48. The molecule has 2 fully saturated rings. The molecule has 1 unspecified atom stereocenters. The van der Waals surface area contributed by atoms with Gasteiger partial charge in [0.1, 0.15) is 23.1 Å². The van der Waals surface area contributed by atoms with Gasteiger partial charge in [0.15, 0.2) is 5.58 Å². The Bertz CT molecular complexity index is 1100. The van der Waals surface area contributed by atoms with E-state index in [9.17, 15) is 0 Å². The number of nitrogens with zero attached hydrogens (tertiary/aromatic N) is 5. The molecule has 8 nitrogen and oxygen atoms in total. The number of oxazole rings is 1. The van der Waals surface area contributed by atoms with Crippen molar-refractivity contribution in [1.29, 1.82) is 0 Å². The van der Waals surface area contributed by atoms with Gasteiger partial charge in [0.25, 0.3) is 6.01 Å². The molecule has 0 spiro atoms. The van der Waals surface area contributed by atoms with Crippen molar-refractivity contribution >= 4 is 17.1 Å². The van der Waals surface area contributed by atoms with Crippen LogP contribution in [0.3, 0.4) is 0 Å². The number of rotatable bonds is 8. The summed E-state index contributed by atoms with van der Waals surface area (Å²) >= 11 is 0. The maximum atomic E-state index is 8.62. The number of hydrogen-bond donors (Lipinski definition) is 0. The summed E-state index contributed by atoms with van der Waals surface area (Å²) in [6.45, 7) is 4.06. The molecule has 0 bridgehead atoms. The quantitative estimate of drug-likeness (QED) is 0.289. The molecule has 3 aromatic rings. The molecule has 0 amide bonds. The molecule has 1 aliphatic heterocycles. The first-order chi connectivity index (χ1) is 14.7. The van der Waals surface area contributed by atoms with Gasteiger partial charge in [0.05, 0.1) is 25.7 Å². The Morgan fingerprint density at radius 1 is 1.23 bits per heavy atom. The van der Waals surface area contributed by atoms with E-state index in [0.717, 1.165) is 35.1 Å². The Morgan fingerprint density at radius 2 is 2.07 bits per heavy atom. The minimum absolute atomic E-state index is 0.0826. The Balaban J connectivity index is 1.19. The van der Waals surface area contributed by atoms with E-state index in [4.69, 9.17) is 19.4 Å². The number of anilines is 1. The molecular weight excluding hydrogens is 382 g/mol. The number of fused-ring (bicyclic) bond motifs is 1. The van der Waals surface area contributed by atoms with Gasteiger partial charge >= 0.3 is 0 Å². The summed E-state index contributed by atoms with van der Waals surface area (Å²) in [5, 5.41) is 3.73. The van der Waals surface area contributed by atoms with Crippen LogP contribution in [0, 0.1) is 5.92 Å². The van der Waals surface area contributed by atoms with E-state index in [0.29, 0.717) is 24.7 Å². The van der Waals surface area contributed by atoms with Gasteiger partial charge in [-0.05, 0) is 54.1 Å². The molecule has 1 saturated heterocycles. The van der Waals surface area contributed by atoms with E-state index < -0.39 is 0 Å². The fourth-order valence-corrected chi connectivity index (χ4v) is 3.47. The van der Waals surface area contributed by atoms with Crippen LogP contribution in [0.25, 0.3) is 21.5 Å². The predicted octanol–water partition coefficient (Wildman–Crippen LogP) is 5.26. The van der Waals surface area contributed by atoms with Crippen molar-refractivity contribution in [2.75, 3.05) is 24.6 Å². The van der Waals surface area contributed by atoms with E-state index in [1.807, 2.05) is 49.4 Å². The maximum absolute atomic E-state index is 8.62. The van der Waals surface area contributed by atoms with Crippen LogP contribution in [0.4, 0.5) is 6.01 Å². The third kappa shape index (κ3) is 4.00. The zero-order valence-corrected chi connectivity index (χ0v) is 16.8. The fourth-order valence-electron chi connectivity index (χ4n) is 3.47. The highest BCUT2D eigenvalue weighted by Gasteiger charge is 2.32. The summed E-state index contributed by atoms with van der Waals surface area (Å²) < 4.78 is 17.8. The highest BCUT2D eigenvalue weighted by atomic mass is 16.5. The lowest BCUT2D eigenvalue weighted by Crippen LogP contribution is -2.54. The molecule has 30 heavy (non-hydrogen) atoms. The summed E-state index contributed by atoms with van der Waals surface area (Å²) in [7, 11) is 0. The van der Waals surface area contributed by atoms with E-state index in [2.05, 4.69) is 19.9 Å². The molecule has 154 valence electrons. The van der Waals surface area contributed by atoms with Crippen molar-refractivity contribution in [3.05, 3.63) is 58.5 Å². The highest BCUT2D eigenvalue weighted by molar-refractivity contribution is 5.75.